The lowest BCUT2D eigenvalue weighted by Crippen LogP contribution is -2.40. The van der Waals surface area contributed by atoms with Crippen LogP contribution in [0.4, 0.5) is 11.4 Å². The van der Waals surface area contributed by atoms with Crippen molar-refractivity contribution in [3.63, 3.8) is 0 Å². The second-order valence-electron chi connectivity index (χ2n) is 5.86. The van der Waals surface area contributed by atoms with Crippen LogP contribution in [0.1, 0.15) is 10.4 Å². The summed E-state index contributed by atoms with van der Waals surface area (Å²) in [4.78, 5) is 28.5. The monoisotopic (exact) mass is 316 g/mol. The molecule has 0 unspecified atom stereocenters. The molecule has 4 rings (SSSR count). The molecule has 0 atom stereocenters. The van der Waals surface area contributed by atoms with E-state index in [2.05, 4.69) is 0 Å². The molecule has 3 aromatic rings. The zero-order valence-electron chi connectivity index (χ0n) is 13.3. The first kappa shape index (κ1) is 14.5. The SMILES string of the molecule is CN(C(=O)CN1C(=O)c2cccc3cccc1c23)c1ccccc1. The highest BCUT2D eigenvalue weighted by atomic mass is 16.2. The molecular formula is C20H16N2O2. The third-order valence-electron chi connectivity index (χ3n) is 4.46. The number of hydrogen-bond acceptors (Lipinski definition) is 2. The van der Waals surface area contributed by atoms with Gasteiger partial charge in [0.2, 0.25) is 5.91 Å². The van der Waals surface area contributed by atoms with Crippen LogP contribution < -0.4 is 9.80 Å². The van der Waals surface area contributed by atoms with Crippen LogP contribution in [-0.4, -0.2) is 25.4 Å². The second-order valence-corrected chi connectivity index (χ2v) is 5.86. The van der Waals surface area contributed by atoms with E-state index in [0.29, 0.717) is 5.56 Å². The summed E-state index contributed by atoms with van der Waals surface area (Å²) in [6.07, 6.45) is 0. The highest BCUT2D eigenvalue weighted by molar-refractivity contribution is 6.26. The Balaban J connectivity index is 1.66. The Bertz CT molecular complexity index is 945. The fraction of sp³-hybridized carbons (Fsp3) is 0.100. The van der Waals surface area contributed by atoms with Crippen molar-refractivity contribution in [3.05, 3.63) is 72.3 Å². The van der Waals surface area contributed by atoms with Crippen molar-refractivity contribution in [1.82, 2.24) is 0 Å². The number of amides is 2. The van der Waals surface area contributed by atoms with Crippen molar-refractivity contribution in [2.24, 2.45) is 0 Å². The molecule has 24 heavy (non-hydrogen) atoms. The van der Waals surface area contributed by atoms with Crippen molar-refractivity contribution in [2.75, 3.05) is 23.4 Å². The molecule has 0 radical (unpaired) electrons. The number of likely N-dealkylation sites (N-methyl/N-ethyl adjacent to an activating group) is 1. The number of nitrogens with zero attached hydrogens (tertiary/aromatic N) is 2. The summed E-state index contributed by atoms with van der Waals surface area (Å²) < 4.78 is 0. The molecule has 0 saturated heterocycles. The van der Waals surface area contributed by atoms with Crippen molar-refractivity contribution < 1.29 is 9.59 Å². The largest absolute Gasteiger partial charge is 0.314 e. The van der Waals surface area contributed by atoms with Gasteiger partial charge in [-0.2, -0.15) is 0 Å². The van der Waals surface area contributed by atoms with E-state index in [-0.39, 0.29) is 18.4 Å². The molecule has 4 nitrogen and oxygen atoms in total. The average Bonchev–Trinajstić information content (AvgIpc) is 2.90. The molecule has 1 heterocycles. The standard InChI is InChI=1S/C20H16N2O2/c1-21(15-9-3-2-4-10-15)18(23)13-22-17-12-6-8-14-7-5-11-16(19(14)17)20(22)24/h2-12H,13H2,1H3. The van der Waals surface area contributed by atoms with Crippen molar-refractivity contribution in [1.29, 1.82) is 0 Å². The summed E-state index contributed by atoms with van der Waals surface area (Å²) in [6, 6.07) is 20.9. The number of benzene rings is 3. The van der Waals surface area contributed by atoms with Gasteiger partial charge in [0.15, 0.2) is 0 Å². The molecule has 4 heteroatoms. The summed E-state index contributed by atoms with van der Waals surface area (Å²) in [5.74, 6) is -0.240. The third-order valence-corrected chi connectivity index (χ3v) is 4.46. The van der Waals surface area contributed by atoms with Crippen LogP contribution in [-0.2, 0) is 4.79 Å². The van der Waals surface area contributed by atoms with E-state index in [0.717, 1.165) is 22.1 Å². The Kier molecular flexibility index (Phi) is 3.31. The molecule has 0 bridgehead atoms. The van der Waals surface area contributed by atoms with Crippen molar-refractivity contribution in [2.45, 2.75) is 0 Å². The predicted octanol–water partition coefficient (Wildman–Crippen LogP) is 3.46. The Labute approximate surface area is 139 Å². The zero-order valence-corrected chi connectivity index (χ0v) is 13.3. The fourth-order valence-corrected chi connectivity index (χ4v) is 3.17. The van der Waals surface area contributed by atoms with E-state index < -0.39 is 0 Å². The minimum absolute atomic E-state index is 0.0258. The van der Waals surface area contributed by atoms with Gasteiger partial charge >= 0.3 is 0 Å². The maximum atomic E-state index is 12.7. The summed E-state index contributed by atoms with van der Waals surface area (Å²) in [5.41, 5.74) is 2.28. The van der Waals surface area contributed by atoms with Gasteiger partial charge in [-0.05, 0) is 29.7 Å². The van der Waals surface area contributed by atoms with Gasteiger partial charge in [-0.3, -0.25) is 14.5 Å². The maximum absolute atomic E-state index is 12.7. The lowest BCUT2D eigenvalue weighted by atomic mass is 10.1. The van der Waals surface area contributed by atoms with Gasteiger partial charge in [-0.25, -0.2) is 0 Å². The van der Waals surface area contributed by atoms with E-state index in [4.69, 9.17) is 0 Å². The van der Waals surface area contributed by atoms with Gasteiger partial charge in [0.1, 0.15) is 6.54 Å². The first-order valence-electron chi connectivity index (χ1n) is 7.82. The number of anilines is 2. The molecule has 0 aliphatic carbocycles. The van der Waals surface area contributed by atoms with Gasteiger partial charge < -0.3 is 4.90 Å². The number of carbonyl (C=O) groups is 2. The molecule has 0 saturated carbocycles. The summed E-state index contributed by atoms with van der Waals surface area (Å²) in [7, 11) is 1.73. The van der Waals surface area contributed by atoms with Gasteiger partial charge in [-0.15, -0.1) is 0 Å². The van der Waals surface area contributed by atoms with E-state index in [1.165, 1.54) is 0 Å². The Hall–Kier alpha value is -3.14. The van der Waals surface area contributed by atoms with E-state index in [1.54, 1.807) is 16.8 Å². The van der Waals surface area contributed by atoms with Gasteiger partial charge in [-0.1, -0.05) is 42.5 Å². The number of carbonyl (C=O) groups excluding carboxylic acids is 2. The third kappa shape index (κ3) is 2.15. The summed E-state index contributed by atoms with van der Waals surface area (Å²) in [5, 5.41) is 1.95. The molecule has 1 aliphatic rings. The molecular weight excluding hydrogens is 300 g/mol. The first-order valence-corrected chi connectivity index (χ1v) is 7.82. The number of para-hydroxylation sites is 1. The second kappa shape index (κ2) is 5.49. The van der Waals surface area contributed by atoms with E-state index in [9.17, 15) is 9.59 Å². The molecule has 118 valence electrons. The molecule has 0 aromatic heterocycles. The Morgan fingerprint density at radius 3 is 2.42 bits per heavy atom. The minimum Gasteiger partial charge on any atom is -0.314 e. The van der Waals surface area contributed by atoms with Crippen LogP contribution in [0.3, 0.4) is 0 Å². The Morgan fingerprint density at radius 2 is 1.67 bits per heavy atom. The number of rotatable bonds is 3. The van der Waals surface area contributed by atoms with Gasteiger partial charge in [0.25, 0.3) is 5.91 Å². The van der Waals surface area contributed by atoms with Gasteiger partial charge in [0, 0.05) is 23.7 Å². The summed E-state index contributed by atoms with van der Waals surface area (Å²) >= 11 is 0. The predicted molar refractivity (Wildman–Crippen MR) is 95.5 cm³/mol. The van der Waals surface area contributed by atoms with Gasteiger partial charge in [0.05, 0.1) is 5.69 Å². The molecule has 3 aromatic carbocycles. The summed E-state index contributed by atoms with van der Waals surface area (Å²) in [6.45, 7) is 0.0258. The van der Waals surface area contributed by atoms with Crippen LogP contribution >= 0.6 is 0 Å². The smallest absolute Gasteiger partial charge is 0.259 e. The lowest BCUT2D eigenvalue weighted by molar-refractivity contribution is -0.117. The van der Waals surface area contributed by atoms with Crippen LogP contribution in [0, 0.1) is 0 Å². The van der Waals surface area contributed by atoms with Crippen molar-refractivity contribution in [3.8, 4) is 0 Å². The minimum atomic E-state index is -0.126. The normalized spacial score (nSPS) is 12.7. The quantitative estimate of drug-likeness (QED) is 0.742. The zero-order chi connectivity index (χ0) is 16.7. The average molecular weight is 316 g/mol. The molecule has 0 fully saturated rings. The Morgan fingerprint density at radius 1 is 0.958 bits per heavy atom. The van der Waals surface area contributed by atoms with Crippen molar-refractivity contribution >= 4 is 34.0 Å². The highest BCUT2D eigenvalue weighted by Crippen LogP contribution is 2.37. The number of hydrogen-bond donors (Lipinski definition) is 0. The maximum Gasteiger partial charge on any atom is 0.259 e. The first-order chi connectivity index (χ1) is 11.7. The highest BCUT2D eigenvalue weighted by Gasteiger charge is 2.31. The van der Waals surface area contributed by atoms with Crippen LogP contribution in [0.25, 0.3) is 10.8 Å². The fourth-order valence-electron chi connectivity index (χ4n) is 3.17. The van der Waals surface area contributed by atoms with Crippen LogP contribution in [0.2, 0.25) is 0 Å². The van der Waals surface area contributed by atoms with E-state index >= 15 is 0 Å². The lowest BCUT2D eigenvalue weighted by Gasteiger charge is -2.22. The van der Waals surface area contributed by atoms with E-state index in [1.807, 2.05) is 66.7 Å². The topological polar surface area (TPSA) is 40.6 Å². The molecule has 0 N–H and O–H groups in total. The van der Waals surface area contributed by atoms with Crippen LogP contribution in [0.15, 0.2) is 66.7 Å². The van der Waals surface area contributed by atoms with Crippen LogP contribution in [0.5, 0.6) is 0 Å². The molecule has 1 aliphatic heterocycles. The molecule has 2 amide bonds. The molecule has 0 spiro atoms.